The molecular formula is C49H62BrN2O4PSi. The Morgan fingerprint density at radius 1 is 0.621 bits per heavy atom. The maximum absolute atomic E-state index is 14.8. The Balaban J connectivity index is 0.00000744. The summed E-state index contributed by atoms with van der Waals surface area (Å²) >= 11 is 0. The quantitative estimate of drug-likeness (QED) is 0.102. The summed E-state index contributed by atoms with van der Waals surface area (Å²) in [6.07, 6.45) is 0.351. The molecule has 0 aliphatic heterocycles. The molecule has 0 aromatic heterocycles. The highest BCUT2D eigenvalue weighted by Gasteiger charge is 2.53. The van der Waals surface area contributed by atoms with Crippen LogP contribution in [0.5, 0.6) is 0 Å². The van der Waals surface area contributed by atoms with E-state index in [0.717, 1.165) is 6.16 Å². The van der Waals surface area contributed by atoms with Crippen LogP contribution in [0.3, 0.4) is 0 Å². The Bertz CT molecular complexity index is 1930. The molecule has 0 fully saturated rings. The van der Waals surface area contributed by atoms with E-state index in [0.29, 0.717) is 6.16 Å². The number of rotatable bonds is 15. The van der Waals surface area contributed by atoms with Crippen molar-refractivity contribution in [3.05, 3.63) is 157 Å². The van der Waals surface area contributed by atoms with Crippen LogP contribution in [0.2, 0.25) is 5.04 Å². The first kappa shape index (κ1) is 46.6. The van der Waals surface area contributed by atoms with Crippen molar-refractivity contribution in [1.29, 1.82) is 0 Å². The van der Waals surface area contributed by atoms with Crippen LogP contribution in [0.1, 0.15) is 67.9 Å². The van der Waals surface area contributed by atoms with Gasteiger partial charge in [0.05, 0.1) is 42.3 Å². The first-order chi connectivity index (χ1) is 27.1. The van der Waals surface area contributed by atoms with Gasteiger partial charge in [0.1, 0.15) is 11.6 Å². The highest BCUT2D eigenvalue weighted by molar-refractivity contribution is 7.88. The number of benzene rings is 5. The summed E-state index contributed by atoms with van der Waals surface area (Å²) in [5, 5.41) is 11.0. The maximum Gasteiger partial charge on any atom is 0.408 e. The zero-order chi connectivity index (χ0) is 41.3. The first-order valence-electron chi connectivity index (χ1n) is 20.2. The SMILES string of the molecule is CC(C)C(NC(=O)OC(C)(C)C)C(=O)N[C@H](C[P+](Cc1ccccc1)(c1ccccc1)c1ccccc1)C(C)O[Si](c1ccccc1)(c1ccccc1)C(C)(C)C.[Br-]. The Morgan fingerprint density at radius 2 is 1.03 bits per heavy atom. The molecule has 2 amide bonds. The zero-order valence-electron chi connectivity index (χ0n) is 35.6. The van der Waals surface area contributed by atoms with Gasteiger partial charge in [0, 0.05) is 0 Å². The molecule has 9 heteroatoms. The third-order valence-corrected chi connectivity index (χ3v) is 20.2. The molecule has 6 nitrogen and oxygen atoms in total. The van der Waals surface area contributed by atoms with Crippen molar-refractivity contribution in [2.75, 3.05) is 6.16 Å². The van der Waals surface area contributed by atoms with E-state index in [9.17, 15) is 9.59 Å². The predicted octanol–water partition coefficient (Wildman–Crippen LogP) is 5.86. The Labute approximate surface area is 359 Å². The van der Waals surface area contributed by atoms with Gasteiger partial charge >= 0.3 is 6.09 Å². The van der Waals surface area contributed by atoms with E-state index < -0.39 is 45.5 Å². The number of alkyl carbamates (subject to hydrolysis) is 1. The van der Waals surface area contributed by atoms with Gasteiger partial charge in [-0.05, 0) is 78.9 Å². The molecule has 5 aromatic rings. The fourth-order valence-corrected chi connectivity index (χ4v) is 17.2. The highest BCUT2D eigenvalue weighted by Crippen LogP contribution is 2.60. The highest BCUT2D eigenvalue weighted by atomic mass is 79.9. The van der Waals surface area contributed by atoms with Gasteiger partial charge in [0.2, 0.25) is 5.91 Å². The second-order valence-electron chi connectivity index (χ2n) is 17.4. The van der Waals surface area contributed by atoms with E-state index in [4.69, 9.17) is 9.16 Å². The smallest absolute Gasteiger partial charge is 0.408 e. The van der Waals surface area contributed by atoms with E-state index in [1.54, 1.807) is 0 Å². The van der Waals surface area contributed by atoms with Crippen molar-refractivity contribution in [2.24, 2.45) is 5.92 Å². The van der Waals surface area contributed by atoms with Crippen LogP contribution >= 0.6 is 7.26 Å². The van der Waals surface area contributed by atoms with Gasteiger partial charge in [-0.3, -0.25) is 4.79 Å². The third-order valence-electron chi connectivity index (χ3n) is 10.6. The topological polar surface area (TPSA) is 76.7 Å². The zero-order valence-corrected chi connectivity index (χ0v) is 39.1. The summed E-state index contributed by atoms with van der Waals surface area (Å²) in [5.74, 6) is -0.476. The van der Waals surface area contributed by atoms with Crippen LogP contribution in [0.4, 0.5) is 4.79 Å². The molecule has 0 saturated carbocycles. The molecule has 3 atom stereocenters. The summed E-state index contributed by atoms with van der Waals surface area (Å²) in [6.45, 7) is 18.3. The number of ether oxygens (including phenoxy) is 1. The Morgan fingerprint density at radius 3 is 1.43 bits per heavy atom. The van der Waals surface area contributed by atoms with Crippen LogP contribution in [0.15, 0.2) is 152 Å². The number of nitrogens with one attached hydrogen (secondary N) is 2. The van der Waals surface area contributed by atoms with E-state index in [2.05, 4.69) is 190 Å². The molecule has 0 radical (unpaired) electrons. The van der Waals surface area contributed by atoms with Crippen molar-refractivity contribution in [2.45, 2.75) is 97.3 Å². The van der Waals surface area contributed by atoms with E-state index >= 15 is 0 Å². The molecule has 0 aliphatic rings. The molecule has 5 rings (SSSR count). The van der Waals surface area contributed by atoms with Crippen LogP contribution in [0.25, 0.3) is 0 Å². The van der Waals surface area contributed by atoms with Gasteiger partial charge in [0.15, 0.2) is 0 Å². The minimum Gasteiger partial charge on any atom is -1.00 e. The molecular weight excluding hydrogens is 820 g/mol. The third kappa shape index (κ3) is 11.4. The molecule has 58 heavy (non-hydrogen) atoms. The average molecular weight is 882 g/mol. The lowest BCUT2D eigenvalue weighted by molar-refractivity contribution is -0.125. The van der Waals surface area contributed by atoms with E-state index in [1.165, 1.54) is 26.5 Å². The minimum absolute atomic E-state index is 0. The van der Waals surface area contributed by atoms with E-state index in [1.807, 2.05) is 34.6 Å². The van der Waals surface area contributed by atoms with Crippen LogP contribution < -0.4 is 48.6 Å². The molecule has 2 N–H and O–H groups in total. The summed E-state index contributed by atoms with van der Waals surface area (Å²) in [7, 11) is -5.40. The van der Waals surface area contributed by atoms with Crippen LogP contribution in [-0.4, -0.2) is 50.3 Å². The number of carbonyl (C=O) groups is 2. The monoisotopic (exact) mass is 880 g/mol. The molecule has 0 spiro atoms. The van der Waals surface area contributed by atoms with Gasteiger partial charge in [-0.15, -0.1) is 0 Å². The van der Waals surface area contributed by atoms with Crippen molar-refractivity contribution < 1.29 is 35.7 Å². The van der Waals surface area contributed by atoms with Gasteiger partial charge in [-0.1, -0.05) is 162 Å². The number of amides is 2. The fourth-order valence-electron chi connectivity index (χ4n) is 7.87. The van der Waals surface area contributed by atoms with Crippen molar-refractivity contribution in [3.63, 3.8) is 0 Å². The molecule has 0 aliphatic carbocycles. The summed E-state index contributed by atoms with van der Waals surface area (Å²) < 4.78 is 13.5. The molecule has 5 aromatic carbocycles. The predicted molar refractivity (Wildman–Crippen MR) is 242 cm³/mol. The second kappa shape index (κ2) is 20.3. The number of hydrogen-bond donors (Lipinski definition) is 2. The lowest BCUT2D eigenvalue weighted by atomic mass is 10.0. The van der Waals surface area contributed by atoms with Crippen molar-refractivity contribution >= 4 is 48.6 Å². The Hall–Kier alpha value is -4.07. The summed E-state index contributed by atoms with van der Waals surface area (Å²) in [4.78, 5) is 28.0. The Kier molecular flexibility index (Phi) is 16.3. The van der Waals surface area contributed by atoms with Gasteiger partial charge in [0.25, 0.3) is 8.32 Å². The van der Waals surface area contributed by atoms with Gasteiger partial charge in [-0.2, -0.15) is 0 Å². The van der Waals surface area contributed by atoms with Crippen molar-refractivity contribution in [3.8, 4) is 0 Å². The largest absolute Gasteiger partial charge is 1.00 e. The summed E-state index contributed by atoms with van der Waals surface area (Å²) in [5.41, 5.74) is 0.520. The summed E-state index contributed by atoms with van der Waals surface area (Å²) in [6, 6.07) is 52.2. The lowest BCUT2D eigenvalue weighted by Gasteiger charge is -2.46. The normalized spacial score (nSPS) is 13.8. The molecule has 308 valence electrons. The lowest BCUT2D eigenvalue weighted by Crippen LogP contribution is -3.00. The molecule has 0 bridgehead atoms. The number of halogens is 1. The minimum atomic E-state index is -3.06. The number of hydrogen-bond acceptors (Lipinski definition) is 4. The van der Waals surface area contributed by atoms with Crippen LogP contribution in [-0.2, 0) is 20.1 Å². The molecule has 0 heterocycles. The first-order valence-corrected chi connectivity index (χ1v) is 24.2. The molecule has 0 saturated heterocycles. The second-order valence-corrected chi connectivity index (χ2v) is 25.3. The maximum atomic E-state index is 14.8. The van der Waals surface area contributed by atoms with E-state index in [-0.39, 0.29) is 33.8 Å². The van der Waals surface area contributed by atoms with Gasteiger partial charge < -0.3 is 36.8 Å². The van der Waals surface area contributed by atoms with Gasteiger partial charge in [-0.25, -0.2) is 4.79 Å². The fraction of sp³-hybridized carbons (Fsp3) is 0.347. The number of carbonyl (C=O) groups excluding carboxylic acids is 2. The van der Waals surface area contributed by atoms with Crippen LogP contribution in [0, 0.1) is 5.92 Å². The standard InChI is InChI=1S/C49H61N2O4PSi.BrH/c1-37(2)45(51-47(53)54-48(4,5)6)46(52)50-44(38(3)55-57(49(7,8)9,42-31-21-13-22-32-42)43-33-23-14-24-34-43)36-56(40-27-17-11-18-28-40,41-29-19-12-20-30-41)35-39-25-15-10-16-26-39;/h10-34,37-38,44-45H,35-36H2,1-9H3,(H-,50,51,52,53);1H/t38?,44-,45?;/m1./s1. The average Bonchev–Trinajstić information content (AvgIpc) is 3.18. The molecule has 2 unspecified atom stereocenters. The van der Waals surface area contributed by atoms with Crippen molar-refractivity contribution in [1.82, 2.24) is 10.6 Å².